The van der Waals surface area contributed by atoms with Gasteiger partial charge in [0.15, 0.2) is 0 Å². The second-order valence-corrected chi connectivity index (χ2v) is 10.2. The summed E-state index contributed by atoms with van der Waals surface area (Å²) in [5.41, 5.74) is 4.61. The molecule has 1 aliphatic rings. The number of nitrogens with zero attached hydrogens (tertiary/aromatic N) is 3. The van der Waals surface area contributed by atoms with E-state index >= 15 is 0 Å². The van der Waals surface area contributed by atoms with E-state index in [4.69, 9.17) is 0 Å². The molecule has 8 heteroatoms. The Morgan fingerprint density at radius 2 is 1.85 bits per heavy atom. The number of fused-ring (bicyclic) bond motifs is 1. The Kier molecular flexibility index (Phi) is 6.85. The Morgan fingerprint density at radius 3 is 2.64 bits per heavy atom. The molecule has 5 aromatic rings. The molecule has 7 nitrogen and oxygen atoms in total. The van der Waals surface area contributed by atoms with Gasteiger partial charge in [0.25, 0.3) is 5.91 Å². The third-order valence-electron chi connectivity index (χ3n) is 7.39. The summed E-state index contributed by atoms with van der Waals surface area (Å²) in [6, 6.07) is 25.3. The Balaban J connectivity index is 1.14. The Hall–Kier alpha value is -4.43. The van der Waals surface area contributed by atoms with Gasteiger partial charge in [0.1, 0.15) is 11.6 Å². The van der Waals surface area contributed by atoms with Crippen LogP contribution in [0.4, 0.5) is 15.9 Å². The minimum absolute atomic E-state index is 0.0137. The van der Waals surface area contributed by atoms with E-state index in [-0.39, 0.29) is 5.56 Å². The highest BCUT2D eigenvalue weighted by Crippen LogP contribution is 2.27. The third-order valence-corrected chi connectivity index (χ3v) is 7.39. The van der Waals surface area contributed by atoms with Crippen LogP contribution in [-0.2, 0) is 6.54 Å². The molecular weight excluding hydrogens is 491 g/mol. The molecule has 0 aliphatic carbocycles. The molecule has 1 fully saturated rings. The molecule has 2 aromatic heterocycles. The van der Waals surface area contributed by atoms with E-state index in [1.54, 1.807) is 12.1 Å². The van der Waals surface area contributed by atoms with Crippen molar-refractivity contribution < 1.29 is 9.18 Å². The van der Waals surface area contributed by atoms with Crippen LogP contribution < -0.4 is 10.6 Å². The summed E-state index contributed by atoms with van der Waals surface area (Å²) in [4.78, 5) is 15.1. The first-order chi connectivity index (χ1) is 19.0. The molecular formula is C31H31FN6O. The summed E-state index contributed by atoms with van der Waals surface area (Å²) < 4.78 is 17.1. The van der Waals surface area contributed by atoms with Gasteiger partial charge in [-0.25, -0.2) is 4.39 Å². The number of hydrogen-bond acceptors (Lipinski definition) is 4. The van der Waals surface area contributed by atoms with Crippen molar-refractivity contribution in [2.75, 3.05) is 30.8 Å². The molecule has 3 aromatic carbocycles. The second kappa shape index (κ2) is 10.7. The van der Waals surface area contributed by atoms with E-state index in [2.05, 4.69) is 73.9 Å². The number of carbonyl (C=O) groups excluding carboxylic acids is 1. The monoisotopic (exact) mass is 522 g/mol. The first-order valence-electron chi connectivity index (χ1n) is 13.3. The summed E-state index contributed by atoms with van der Waals surface area (Å²) in [7, 11) is 2.11. The van der Waals surface area contributed by atoms with Crippen LogP contribution in [0.15, 0.2) is 85.1 Å². The van der Waals surface area contributed by atoms with Crippen LogP contribution in [0, 0.1) is 5.82 Å². The fraction of sp³-hybridized carbons (Fsp3) is 0.226. The SMILES string of the molecule is CN1CCC(Nc2ccc(C(=O)Nc3cc(-c4ccc5ccn(Cc6ccccc6)c5c4)n[nH]3)c(F)c2)CC1. The fourth-order valence-electron chi connectivity index (χ4n) is 5.16. The number of H-pyrrole nitrogens is 1. The number of halogens is 1. The van der Waals surface area contributed by atoms with Gasteiger partial charge >= 0.3 is 0 Å². The predicted octanol–water partition coefficient (Wildman–Crippen LogP) is 5.98. The molecule has 1 saturated heterocycles. The number of rotatable bonds is 7. The molecule has 0 spiro atoms. The molecule has 39 heavy (non-hydrogen) atoms. The largest absolute Gasteiger partial charge is 0.382 e. The molecule has 1 aliphatic heterocycles. The Morgan fingerprint density at radius 1 is 1.03 bits per heavy atom. The van der Waals surface area contributed by atoms with Crippen LogP contribution >= 0.6 is 0 Å². The number of piperidine rings is 1. The summed E-state index contributed by atoms with van der Waals surface area (Å²) >= 11 is 0. The van der Waals surface area contributed by atoms with Crippen LogP contribution in [0.25, 0.3) is 22.2 Å². The van der Waals surface area contributed by atoms with Crippen LogP contribution in [0.1, 0.15) is 28.8 Å². The molecule has 0 unspecified atom stereocenters. The van der Waals surface area contributed by atoms with Gasteiger partial charge in [-0.2, -0.15) is 5.10 Å². The van der Waals surface area contributed by atoms with Crippen molar-refractivity contribution in [3.63, 3.8) is 0 Å². The van der Waals surface area contributed by atoms with E-state index in [0.717, 1.165) is 48.9 Å². The van der Waals surface area contributed by atoms with E-state index in [0.29, 0.717) is 23.2 Å². The number of likely N-dealkylation sites (tertiary alicyclic amines) is 1. The normalized spacial score (nSPS) is 14.5. The highest BCUT2D eigenvalue weighted by Gasteiger charge is 2.18. The van der Waals surface area contributed by atoms with E-state index < -0.39 is 11.7 Å². The highest BCUT2D eigenvalue weighted by molar-refractivity contribution is 6.04. The maximum atomic E-state index is 14.9. The van der Waals surface area contributed by atoms with Crippen molar-refractivity contribution in [2.24, 2.45) is 0 Å². The van der Waals surface area contributed by atoms with Crippen molar-refractivity contribution >= 4 is 28.3 Å². The minimum Gasteiger partial charge on any atom is -0.382 e. The quantitative estimate of drug-likeness (QED) is 0.246. The summed E-state index contributed by atoms with van der Waals surface area (Å²) in [6.07, 6.45) is 4.10. The maximum Gasteiger partial charge on any atom is 0.259 e. The fourth-order valence-corrected chi connectivity index (χ4v) is 5.16. The summed E-state index contributed by atoms with van der Waals surface area (Å²) in [6.45, 7) is 2.80. The highest BCUT2D eigenvalue weighted by atomic mass is 19.1. The topological polar surface area (TPSA) is 78.0 Å². The lowest BCUT2D eigenvalue weighted by Gasteiger charge is -2.30. The molecule has 0 saturated carbocycles. The zero-order chi connectivity index (χ0) is 26.8. The second-order valence-electron chi connectivity index (χ2n) is 10.2. The predicted molar refractivity (Wildman–Crippen MR) is 154 cm³/mol. The van der Waals surface area contributed by atoms with E-state index in [1.165, 1.54) is 17.7 Å². The van der Waals surface area contributed by atoms with E-state index in [9.17, 15) is 9.18 Å². The van der Waals surface area contributed by atoms with Gasteiger partial charge < -0.3 is 20.1 Å². The third kappa shape index (κ3) is 5.56. The van der Waals surface area contributed by atoms with Crippen molar-refractivity contribution in [3.8, 4) is 11.3 Å². The Labute approximate surface area is 226 Å². The van der Waals surface area contributed by atoms with Gasteiger partial charge in [0.2, 0.25) is 0 Å². The molecule has 3 heterocycles. The smallest absolute Gasteiger partial charge is 0.259 e. The molecule has 198 valence electrons. The average Bonchev–Trinajstić information content (AvgIpc) is 3.57. The zero-order valence-corrected chi connectivity index (χ0v) is 21.8. The van der Waals surface area contributed by atoms with E-state index in [1.807, 2.05) is 24.3 Å². The number of carbonyl (C=O) groups is 1. The maximum absolute atomic E-state index is 14.9. The van der Waals surface area contributed by atoms with Crippen LogP contribution in [-0.4, -0.2) is 51.8 Å². The lowest BCUT2D eigenvalue weighted by atomic mass is 10.0. The lowest BCUT2D eigenvalue weighted by molar-refractivity contribution is 0.102. The van der Waals surface area contributed by atoms with Gasteiger partial charge in [0.05, 0.1) is 11.3 Å². The standard InChI is InChI=1S/C31H31FN6O/c1-37-14-12-24(13-15-37)33-25-9-10-26(27(32)18-25)31(39)34-30-19-28(35-36-30)23-8-7-22-11-16-38(29(22)17-23)20-21-5-3-2-4-6-21/h2-11,16-19,24,33H,12-15,20H2,1H3,(H2,34,35,36,39). The molecule has 0 bridgehead atoms. The average molecular weight is 523 g/mol. The zero-order valence-electron chi connectivity index (χ0n) is 21.8. The van der Waals surface area contributed by atoms with Crippen molar-refractivity contribution in [2.45, 2.75) is 25.4 Å². The molecule has 0 atom stereocenters. The van der Waals surface area contributed by atoms with Crippen LogP contribution in [0.5, 0.6) is 0 Å². The number of nitrogens with one attached hydrogen (secondary N) is 3. The minimum atomic E-state index is -0.560. The van der Waals surface area contributed by atoms with Gasteiger partial charge in [-0.05, 0) is 74.3 Å². The lowest BCUT2D eigenvalue weighted by Crippen LogP contribution is -2.36. The number of aromatic nitrogens is 3. The molecule has 3 N–H and O–H groups in total. The van der Waals surface area contributed by atoms with Crippen LogP contribution in [0.2, 0.25) is 0 Å². The van der Waals surface area contributed by atoms with Crippen molar-refractivity contribution in [1.29, 1.82) is 0 Å². The Bertz CT molecular complexity index is 1600. The first-order valence-corrected chi connectivity index (χ1v) is 13.3. The first kappa shape index (κ1) is 24.9. The summed E-state index contributed by atoms with van der Waals surface area (Å²) in [5.74, 6) is -0.682. The number of benzene rings is 3. The van der Waals surface area contributed by atoms with Gasteiger partial charge in [-0.1, -0.05) is 42.5 Å². The molecule has 6 rings (SSSR count). The number of amides is 1. The number of aromatic amines is 1. The van der Waals surface area contributed by atoms with Gasteiger partial charge in [-0.15, -0.1) is 0 Å². The molecule has 0 radical (unpaired) electrons. The van der Waals surface area contributed by atoms with Gasteiger partial charge in [-0.3, -0.25) is 9.89 Å². The number of hydrogen-bond donors (Lipinski definition) is 3. The summed E-state index contributed by atoms with van der Waals surface area (Å²) in [5, 5.41) is 14.5. The van der Waals surface area contributed by atoms with Gasteiger partial charge in [0, 0.05) is 41.6 Å². The van der Waals surface area contributed by atoms with Crippen molar-refractivity contribution in [1.82, 2.24) is 19.7 Å². The molecule has 1 amide bonds. The number of anilines is 2. The van der Waals surface area contributed by atoms with Crippen molar-refractivity contribution in [3.05, 3.63) is 102 Å². The van der Waals surface area contributed by atoms with Crippen LogP contribution in [0.3, 0.4) is 0 Å².